The molecule has 6 nitrogen and oxygen atoms in total. The number of rotatable bonds is 5. The Morgan fingerprint density at radius 3 is 2.55 bits per heavy atom. The summed E-state index contributed by atoms with van der Waals surface area (Å²) in [4.78, 5) is 11.4. The Morgan fingerprint density at radius 2 is 1.90 bits per heavy atom. The highest BCUT2D eigenvalue weighted by atomic mass is 32.2. The molecule has 0 amide bonds. The number of nitrogens with one attached hydrogen (secondary N) is 1. The predicted molar refractivity (Wildman–Crippen MR) is 99.2 cm³/mol. The SMILES string of the molecule is CCOC(=O)c1oc2ccc(NS(=O)(=O)c3cccc(C(F)(F)F)c3)cc2c1C. The van der Waals surface area contributed by atoms with E-state index in [1.807, 2.05) is 0 Å². The van der Waals surface area contributed by atoms with Crippen molar-refractivity contribution < 1.29 is 35.5 Å². The topological polar surface area (TPSA) is 85.6 Å². The van der Waals surface area contributed by atoms with Crippen molar-refractivity contribution in [1.29, 1.82) is 0 Å². The highest BCUT2D eigenvalue weighted by Gasteiger charge is 2.31. The van der Waals surface area contributed by atoms with Gasteiger partial charge in [-0.05, 0) is 50.2 Å². The zero-order chi connectivity index (χ0) is 21.4. The number of fused-ring (bicyclic) bond motifs is 1. The lowest BCUT2D eigenvalue weighted by molar-refractivity contribution is -0.137. The molecule has 0 unspecified atom stereocenters. The van der Waals surface area contributed by atoms with Gasteiger partial charge in [-0.1, -0.05) is 6.07 Å². The van der Waals surface area contributed by atoms with Gasteiger partial charge < -0.3 is 9.15 Å². The summed E-state index contributed by atoms with van der Waals surface area (Å²) in [5, 5.41) is 0.470. The fraction of sp³-hybridized carbons (Fsp3) is 0.211. The zero-order valence-corrected chi connectivity index (χ0v) is 16.1. The Kier molecular flexibility index (Phi) is 5.31. The van der Waals surface area contributed by atoms with Gasteiger partial charge in [0.25, 0.3) is 10.0 Å². The number of halogens is 3. The summed E-state index contributed by atoms with van der Waals surface area (Å²) in [5.74, 6) is -0.646. The smallest absolute Gasteiger partial charge is 0.416 e. The number of carbonyl (C=O) groups excluding carboxylic acids is 1. The van der Waals surface area contributed by atoms with Crippen LogP contribution in [0.25, 0.3) is 11.0 Å². The fourth-order valence-electron chi connectivity index (χ4n) is 2.73. The molecule has 0 aliphatic rings. The number of esters is 1. The van der Waals surface area contributed by atoms with E-state index in [0.717, 1.165) is 18.2 Å². The molecule has 3 rings (SSSR count). The minimum atomic E-state index is -4.66. The van der Waals surface area contributed by atoms with Crippen molar-refractivity contribution in [3.63, 3.8) is 0 Å². The van der Waals surface area contributed by atoms with E-state index in [4.69, 9.17) is 9.15 Å². The molecule has 0 fully saturated rings. The largest absolute Gasteiger partial charge is 0.460 e. The van der Waals surface area contributed by atoms with E-state index in [2.05, 4.69) is 4.72 Å². The van der Waals surface area contributed by atoms with E-state index in [9.17, 15) is 26.4 Å². The highest BCUT2D eigenvalue weighted by Crippen LogP contribution is 2.32. The first kappa shape index (κ1) is 20.7. The quantitative estimate of drug-likeness (QED) is 0.595. The number of ether oxygens (including phenoxy) is 1. The highest BCUT2D eigenvalue weighted by molar-refractivity contribution is 7.92. The third kappa shape index (κ3) is 4.21. The third-order valence-corrected chi connectivity index (χ3v) is 5.50. The van der Waals surface area contributed by atoms with Gasteiger partial charge in [-0.15, -0.1) is 0 Å². The first-order chi connectivity index (χ1) is 13.5. The number of hydrogen-bond donors (Lipinski definition) is 1. The molecular formula is C19H16F3NO5S. The molecule has 10 heteroatoms. The summed E-state index contributed by atoms with van der Waals surface area (Å²) < 4.78 is 76.2. The van der Waals surface area contributed by atoms with Crippen molar-refractivity contribution in [2.75, 3.05) is 11.3 Å². The molecule has 1 N–H and O–H groups in total. The molecule has 0 radical (unpaired) electrons. The first-order valence-electron chi connectivity index (χ1n) is 8.43. The molecule has 0 saturated heterocycles. The van der Waals surface area contributed by atoms with E-state index in [1.54, 1.807) is 13.8 Å². The molecule has 0 atom stereocenters. The average Bonchev–Trinajstić information content (AvgIpc) is 2.97. The molecule has 0 aliphatic carbocycles. The van der Waals surface area contributed by atoms with Crippen LogP contribution in [-0.4, -0.2) is 21.0 Å². The second-order valence-electron chi connectivity index (χ2n) is 6.12. The van der Waals surface area contributed by atoms with Crippen LogP contribution in [0.4, 0.5) is 18.9 Å². The standard InChI is InChI=1S/C19H16F3NO5S/c1-3-27-18(24)17-11(2)15-10-13(7-8-16(15)28-17)23-29(25,26)14-6-4-5-12(9-14)19(20,21)22/h4-10,23H,3H2,1-2H3. The number of benzene rings is 2. The van der Waals surface area contributed by atoms with Gasteiger partial charge in [0.1, 0.15) is 5.58 Å². The van der Waals surface area contributed by atoms with E-state index < -0.39 is 32.6 Å². The third-order valence-electron chi connectivity index (χ3n) is 4.12. The van der Waals surface area contributed by atoms with Crippen LogP contribution < -0.4 is 4.72 Å². The molecule has 3 aromatic rings. The lowest BCUT2D eigenvalue weighted by atomic mass is 10.1. The maximum Gasteiger partial charge on any atom is 0.416 e. The number of carbonyl (C=O) groups is 1. The van der Waals surface area contributed by atoms with Crippen molar-refractivity contribution >= 4 is 32.6 Å². The monoisotopic (exact) mass is 427 g/mol. The summed E-state index contributed by atoms with van der Waals surface area (Å²) in [5.41, 5.74) is -0.166. The second kappa shape index (κ2) is 7.43. The van der Waals surface area contributed by atoms with E-state index in [1.165, 1.54) is 18.2 Å². The molecule has 0 bridgehead atoms. The number of furan rings is 1. The van der Waals surface area contributed by atoms with E-state index >= 15 is 0 Å². The van der Waals surface area contributed by atoms with E-state index in [0.29, 0.717) is 22.6 Å². The Balaban J connectivity index is 1.95. The summed E-state index contributed by atoms with van der Waals surface area (Å²) in [7, 11) is -4.27. The average molecular weight is 427 g/mol. The van der Waals surface area contributed by atoms with Gasteiger partial charge in [-0.2, -0.15) is 13.2 Å². The van der Waals surface area contributed by atoms with Gasteiger partial charge in [0.2, 0.25) is 5.76 Å². The van der Waals surface area contributed by atoms with Crippen LogP contribution in [0.1, 0.15) is 28.6 Å². The van der Waals surface area contributed by atoms with Crippen molar-refractivity contribution in [1.82, 2.24) is 0 Å². The first-order valence-corrected chi connectivity index (χ1v) is 9.91. The van der Waals surface area contributed by atoms with Crippen LogP contribution in [0, 0.1) is 6.92 Å². The normalized spacial score (nSPS) is 12.2. The minimum Gasteiger partial charge on any atom is -0.460 e. The molecule has 154 valence electrons. The predicted octanol–water partition coefficient (Wildman–Crippen LogP) is 4.74. The van der Waals surface area contributed by atoms with Crippen LogP contribution >= 0.6 is 0 Å². The molecule has 2 aromatic carbocycles. The van der Waals surface area contributed by atoms with Gasteiger partial charge >= 0.3 is 12.1 Å². The van der Waals surface area contributed by atoms with Gasteiger partial charge in [-0.3, -0.25) is 4.72 Å². The van der Waals surface area contributed by atoms with Crippen LogP contribution in [0.15, 0.2) is 51.8 Å². The molecular weight excluding hydrogens is 411 g/mol. The maximum absolute atomic E-state index is 12.9. The molecule has 0 aliphatic heterocycles. The van der Waals surface area contributed by atoms with Crippen molar-refractivity contribution in [2.45, 2.75) is 24.9 Å². The lowest BCUT2D eigenvalue weighted by Gasteiger charge is -2.11. The minimum absolute atomic E-state index is 0.000245. The number of aryl methyl sites for hydroxylation is 1. The van der Waals surface area contributed by atoms with Gasteiger partial charge in [0.05, 0.1) is 17.1 Å². The Hall–Kier alpha value is -3.01. The summed E-state index contributed by atoms with van der Waals surface area (Å²) in [6, 6.07) is 7.70. The summed E-state index contributed by atoms with van der Waals surface area (Å²) >= 11 is 0. The van der Waals surface area contributed by atoms with Crippen LogP contribution in [0.2, 0.25) is 0 Å². The lowest BCUT2D eigenvalue weighted by Crippen LogP contribution is -2.14. The molecule has 0 saturated carbocycles. The molecule has 0 spiro atoms. The van der Waals surface area contributed by atoms with Gasteiger partial charge in [0, 0.05) is 16.6 Å². The number of sulfonamides is 1. The van der Waals surface area contributed by atoms with Crippen molar-refractivity contribution in [3.8, 4) is 0 Å². The Morgan fingerprint density at radius 1 is 1.17 bits per heavy atom. The van der Waals surface area contributed by atoms with E-state index in [-0.39, 0.29) is 18.1 Å². The van der Waals surface area contributed by atoms with Crippen LogP contribution in [-0.2, 0) is 20.9 Å². The molecule has 29 heavy (non-hydrogen) atoms. The fourth-order valence-corrected chi connectivity index (χ4v) is 3.82. The van der Waals surface area contributed by atoms with Crippen molar-refractivity contribution in [2.24, 2.45) is 0 Å². The van der Waals surface area contributed by atoms with Crippen LogP contribution in [0.3, 0.4) is 0 Å². The maximum atomic E-state index is 12.9. The summed E-state index contributed by atoms with van der Waals surface area (Å²) in [6.45, 7) is 3.43. The van der Waals surface area contributed by atoms with Crippen LogP contribution in [0.5, 0.6) is 0 Å². The zero-order valence-electron chi connectivity index (χ0n) is 15.3. The second-order valence-corrected chi connectivity index (χ2v) is 7.80. The number of anilines is 1. The molecule has 1 aromatic heterocycles. The summed E-state index contributed by atoms with van der Waals surface area (Å²) in [6.07, 6.45) is -4.66. The van der Waals surface area contributed by atoms with Gasteiger partial charge in [-0.25, -0.2) is 13.2 Å². The van der Waals surface area contributed by atoms with Gasteiger partial charge in [0.15, 0.2) is 0 Å². The number of hydrogen-bond acceptors (Lipinski definition) is 5. The Bertz CT molecular complexity index is 1180. The number of alkyl halides is 3. The Labute approximate surface area is 164 Å². The van der Waals surface area contributed by atoms with Crippen molar-refractivity contribution in [3.05, 3.63) is 59.4 Å². The molecule has 1 heterocycles.